The Labute approximate surface area is 167 Å². The molecule has 5 nitrogen and oxygen atoms in total. The van der Waals surface area contributed by atoms with Gasteiger partial charge in [0.15, 0.2) is 0 Å². The van der Waals surface area contributed by atoms with Crippen LogP contribution in [0.3, 0.4) is 0 Å². The summed E-state index contributed by atoms with van der Waals surface area (Å²) in [4.78, 5) is 13.6. The largest absolute Gasteiger partial charge is 0.345 e. The molecule has 1 amide bonds. The molecule has 0 aliphatic heterocycles. The standard InChI is InChI=1S/C20H19FN2O3S2/c1-13-9-10-15(28(25,26)23-18-7-4-3-6-17(18)21)12-16(13)20(24)22-14(2)19-8-5-11-27-19/h3-12,14,23H,1-2H3,(H,22,24). The third-order valence-electron chi connectivity index (χ3n) is 4.20. The number of carbonyl (C=O) groups is 1. The second-order valence-electron chi connectivity index (χ2n) is 6.27. The average molecular weight is 419 g/mol. The predicted molar refractivity (Wildman–Crippen MR) is 109 cm³/mol. The summed E-state index contributed by atoms with van der Waals surface area (Å²) >= 11 is 1.53. The van der Waals surface area contributed by atoms with Crippen LogP contribution in [0, 0.1) is 12.7 Å². The molecule has 3 rings (SSSR count). The van der Waals surface area contributed by atoms with E-state index in [1.165, 1.54) is 41.7 Å². The molecule has 1 unspecified atom stereocenters. The number of hydrogen-bond donors (Lipinski definition) is 2. The number of benzene rings is 2. The molecule has 0 fully saturated rings. The Morgan fingerprint density at radius 2 is 1.86 bits per heavy atom. The molecule has 0 saturated carbocycles. The van der Waals surface area contributed by atoms with Crippen molar-refractivity contribution in [3.63, 3.8) is 0 Å². The Hall–Kier alpha value is -2.71. The number of halogens is 1. The fourth-order valence-corrected chi connectivity index (χ4v) is 4.47. The van der Waals surface area contributed by atoms with Gasteiger partial charge < -0.3 is 5.32 Å². The lowest BCUT2D eigenvalue weighted by atomic mass is 10.1. The first kappa shape index (κ1) is 20.0. The first-order valence-corrected chi connectivity index (χ1v) is 10.9. The Morgan fingerprint density at radius 3 is 2.54 bits per heavy atom. The van der Waals surface area contributed by atoms with Crippen LogP contribution in [0.15, 0.2) is 64.9 Å². The van der Waals surface area contributed by atoms with Crippen LogP contribution in [0.4, 0.5) is 10.1 Å². The van der Waals surface area contributed by atoms with E-state index in [0.29, 0.717) is 5.56 Å². The molecule has 8 heteroatoms. The predicted octanol–water partition coefficient (Wildman–Crippen LogP) is 4.49. The molecule has 0 bridgehead atoms. The molecule has 0 aliphatic carbocycles. The van der Waals surface area contributed by atoms with E-state index in [2.05, 4.69) is 10.0 Å². The van der Waals surface area contributed by atoms with Crippen molar-refractivity contribution in [2.45, 2.75) is 24.8 Å². The molecule has 0 aliphatic rings. The van der Waals surface area contributed by atoms with Crippen LogP contribution in [0.2, 0.25) is 0 Å². The maximum absolute atomic E-state index is 13.8. The van der Waals surface area contributed by atoms with E-state index in [1.54, 1.807) is 13.0 Å². The molecule has 2 N–H and O–H groups in total. The van der Waals surface area contributed by atoms with Crippen LogP contribution in [-0.2, 0) is 10.0 Å². The molecule has 0 spiro atoms. The molecule has 2 aromatic carbocycles. The minimum Gasteiger partial charge on any atom is -0.345 e. The van der Waals surface area contributed by atoms with Gasteiger partial charge in [-0.1, -0.05) is 24.3 Å². The summed E-state index contributed by atoms with van der Waals surface area (Å²) in [6.45, 7) is 3.59. The van der Waals surface area contributed by atoms with Gasteiger partial charge in [0.05, 0.1) is 16.6 Å². The molecule has 146 valence electrons. The van der Waals surface area contributed by atoms with E-state index >= 15 is 0 Å². The van der Waals surface area contributed by atoms with Gasteiger partial charge in [0, 0.05) is 10.4 Å². The number of nitrogens with one attached hydrogen (secondary N) is 2. The third kappa shape index (κ3) is 4.40. The highest BCUT2D eigenvalue weighted by atomic mass is 32.2. The second kappa shape index (κ2) is 8.12. The lowest BCUT2D eigenvalue weighted by Gasteiger charge is -2.15. The molecule has 28 heavy (non-hydrogen) atoms. The van der Waals surface area contributed by atoms with Crippen LogP contribution in [0.1, 0.15) is 33.8 Å². The highest BCUT2D eigenvalue weighted by Gasteiger charge is 2.20. The number of para-hydroxylation sites is 1. The van der Waals surface area contributed by atoms with Gasteiger partial charge in [-0.15, -0.1) is 11.3 Å². The number of rotatable bonds is 6. The van der Waals surface area contributed by atoms with Crippen molar-refractivity contribution in [3.05, 3.63) is 81.8 Å². The minimum atomic E-state index is -4.05. The molecule has 1 aromatic heterocycles. The van der Waals surface area contributed by atoms with E-state index in [0.717, 1.165) is 10.9 Å². The number of amides is 1. The summed E-state index contributed by atoms with van der Waals surface area (Å²) in [7, 11) is -4.05. The monoisotopic (exact) mass is 418 g/mol. The fraction of sp³-hybridized carbons (Fsp3) is 0.150. The van der Waals surface area contributed by atoms with Gasteiger partial charge in [-0.2, -0.15) is 0 Å². The topological polar surface area (TPSA) is 75.3 Å². The Kier molecular flexibility index (Phi) is 5.81. The maximum atomic E-state index is 13.8. The van der Waals surface area contributed by atoms with E-state index in [1.807, 2.05) is 24.4 Å². The molecule has 1 atom stereocenters. The molecular weight excluding hydrogens is 399 g/mol. The normalized spacial score (nSPS) is 12.4. The highest BCUT2D eigenvalue weighted by molar-refractivity contribution is 7.92. The summed E-state index contributed by atoms with van der Waals surface area (Å²) in [5.74, 6) is -1.05. The number of thiophene rings is 1. The molecular formula is C20H19FN2O3S2. The van der Waals surface area contributed by atoms with E-state index in [4.69, 9.17) is 0 Å². The van der Waals surface area contributed by atoms with Crippen molar-refractivity contribution in [2.75, 3.05) is 4.72 Å². The van der Waals surface area contributed by atoms with Crippen LogP contribution in [0.25, 0.3) is 0 Å². The fourth-order valence-electron chi connectivity index (χ4n) is 2.64. The number of anilines is 1. The molecule has 1 heterocycles. The quantitative estimate of drug-likeness (QED) is 0.619. The molecule has 0 saturated heterocycles. The highest BCUT2D eigenvalue weighted by Crippen LogP contribution is 2.23. The van der Waals surface area contributed by atoms with Gasteiger partial charge in [0.2, 0.25) is 0 Å². The minimum absolute atomic E-state index is 0.115. The number of sulfonamides is 1. The zero-order chi connectivity index (χ0) is 20.3. The number of aryl methyl sites for hydroxylation is 1. The summed E-state index contributed by atoms with van der Waals surface area (Å²) in [5, 5.41) is 4.79. The van der Waals surface area contributed by atoms with Gasteiger partial charge in [0.25, 0.3) is 15.9 Å². The molecule has 0 radical (unpaired) electrons. The summed E-state index contributed by atoms with van der Waals surface area (Å²) in [6.07, 6.45) is 0. The van der Waals surface area contributed by atoms with Crippen molar-refractivity contribution in [1.82, 2.24) is 5.32 Å². The lowest BCUT2D eigenvalue weighted by Crippen LogP contribution is -2.27. The van der Waals surface area contributed by atoms with Crippen LogP contribution < -0.4 is 10.0 Å². The van der Waals surface area contributed by atoms with Gasteiger partial charge >= 0.3 is 0 Å². The van der Waals surface area contributed by atoms with Crippen molar-refractivity contribution >= 4 is 33.0 Å². The van der Waals surface area contributed by atoms with Crippen LogP contribution in [0.5, 0.6) is 0 Å². The maximum Gasteiger partial charge on any atom is 0.262 e. The van der Waals surface area contributed by atoms with Crippen LogP contribution >= 0.6 is 11.3 Å². The first-order chi connectivity index (χ1) is 13.3. The number of carbonyl (C=O) groups excluding carboxylic acids is 1. The smallest absolute Gasteiger partial charge is 0.262 e. The summed E-state index contributed by atoms with van der Waals surface area (Å²) in [5.41, 5.74) is 0.737. The van der Waals surface area contributed by atoms with Crippen LogP contribution in [-0.4, -0.2) is 14.3 Å². The zero-order valence-electron chi connectivity index (χ0n) is 15.3. The first-order valence-electron chi connectivity index (χ1n) is 8.50. The van der Waals surface area contributed by atoms with E-state index in [9.17, 15) is 17.6 Å². The number of hydrogen-bond acceptors (Lipinski definition) is 4. The van der Waals surface area contributed by atoms with Crippen molar-refractivity contribution in [2.24, 2.45) is 0 Å². The Bertz CT molecular complexity index is 1100. The second-order valence-corrected chi connectivity index (χ2v) is 8.93. The van der Waals surface area contributed by atoms with Gasteiger partial charge in [-0.05, 0) is 55.1 Å². The average Bonchev–Trinajstić information content (AvgIpc) is 3.18. The summed E-state index contributed by atoms with van der Waals surface area (Å²) < 4.78 is 41.3. The van der Waals surface area contributed by atoms with Crippen molar-refractivity contribution < 1.29 is 17.6 Å². The summed E-state index contributed by atoms with van der Waals surface area (Å²) in [6, 6.07) is 13.3. The Morgan fingerprint density at radius 1 is 1.11 bits per heavy atom. The van der Waals surface area contributed by atoms with Gasteiger partial charge in [-0.3, -0.25) is 9.52 Å². The van der Waals surface area contributed by atoms with E-state index < -0.39 is 15.8 Å². The van der Waals surface area contributed by atoms with Gasteiger partial charge in [-0.25, -0.2) is 12.8 Å². The lowest BCUT2D eigenvalue weighted by molar-refractivity contribution is 0.0939. The van der Waals surface area contributed by atoms with Crippen molar-refractivity contribution in [3.8, 4) is 0 Å². The Balaban J connectivity index is 1.86. The van der Waals surface area contributed by atoms with Gasteiger partial charge in [0.1, 0.15) is 5.82 Å². The zero-order valence-corrected chi connectivity index (χ0v) is 16.9. The third-order valence-corrected chi connectivity index (χ3v) is 6.62. The van der Waals surface area contributed by atoms with E-state index in [-0.39, 0.29) is 28.1 Å². The SMILES string of the molecule is Cc1ccc(S(=O)(=O)Nc2ccccc2F)cc1C(=O)NC(C)c1cccs1. The molecule has 3 aromatic rings. The van der Waals surface area contributed by atoms with Crippen molar-refractivity contribution in [1.29, 1.82) is 0 Å².